The SMILES string of the molecule is COc1cccc(CN(c2ccc(Cl)cc2)S(=O)(=O)c2ccccc2F)c1. The van der Waals surface area contributed by atoms with E-state index in [1.165, 1.54) is 25.3 Å². The minimum Gasteiger partial charge on any atom is -0.497 e. The van der Waals surface area contributed by atoms with Gasteiger partial charge in [0.1, 0.15) is 16.5 Å². The first kappa shape index (κ1) is 19.2. The van der Waals surface area contributed by atoms with E-state index in [1.807, 2.05) is 0 Å². The lowest BCUT2D eigenvalue weighted by Gasteiger charge is -2.25. The monoisotopic (exact) mass is 405 g/mol. The van der Waals surface area contributed by atoms with Crippen LogP contribution in [-0.4, -0.2) is 15.5 Å². The van der Waals surface area contributed by atoms with Crippen molar-refractivity contribution in [2.75, 3.05) is 11.4 Å². The van der Waals surface area contributed by atoms with Gasteiger partial charge in [0, 0.05) is 5.02 Å². The van der Waals surface area contributed by atoms with Crippen LogP contribution in [0.2, 0.25) is 5.02 Å². The summed E-state index contributed by atoms with van der Waals surface area (Å²) < 4.78 is 47.0. The molecule has 0 spiro atoms. The molecular formula is C20H17ClFNO3S. The minimum absolute atomic E-state index is 0.00942. The van der Waals surface area contributed by atoms with Gasteiger partial charge in [-0.05, 0) is 54.1 Å². The summed E-state index contributed by atoms with van der Waals surface area (Å²) in [4.78, 5) is -0.386. The molecule has 3 aromatic rings. The first-order valence-corrected chi connectivity index (χ1v) is 9.89. The second-order valence-electron chi connectivity index (χ2n) is 5.77. The van der Waals surface area contributed by atoms with E-state index in [9.17, 15) is 12.8 Å². The van der Waals surface area contributed by atoms with Crippen molar-refractivity contribution in [1.29, 1.82) is 0 Å². The second-order valence-corrected chi connectivity index (χ2v) is 8.04. The van der Waals surface area contributed by atoms with Gasteiger partial charge in [0.05, 0.1) is 19.3 Å². The Hall–Kier alpha value is -2.57. The predicted octanol–water partition coefficient (Wildman–Crippen LogP) is 4.88. The third kappa shape index (κ3) is 4.23. The zero-order valence-corrected chi connectivity index (χ0v) is 16.0. The topological polar surface area (TPSA) is 46.6 Å². The smallest absolute Gasteiger partial charge is 0.267 e. The van der Waals surface area contributed by atoms with Gasteiger partial charge < -0.3 is 4.74 Å². The third-order valence-corrected chi connectivity index (χ3v) is 6.04. The lowest BCUT2D eigenvalue weighted by Crippen LogP contribution is -2.31. The Labute approximate surface area is 162 Å². The highest BCUT2D eigenvalue weighted by Crippen LogP contribution is 2.29. The molecule has 0 aliphatic heterocycles. The number of anilines is 1. The van der Waals surface area contributed by atoms with Crippen molar-refractivity contribution < 1.29 is 17.5 Å². The van der Waals surface area contributed by atoms with Crippen LogP contribution < -0.4 is 9.04 Å². The van der Waals surface area contributed by atoms with Crippen molar-refractivity contribution in [3.63, 3.8) is 0 Å². The van der Waals surface area contributed by atoms with E-state index in [0.29, 0.717) is 22.0 Å². The third-order valence-electron chi connectivity index (χ3n) is 3.98. The molecule has 0 aliphatic rings. The van der Waals surface area contributed by atoms with Gasteiger partial charge in [-0.2, -0.15) is 0 Å². The molecular weight excluding hydrogens is 389 g/mol. The van der Waals surface area contributed by atoms with Gasteiger partial charge in [-0.15, -0.1) is 0 Å². The molecule has 0 aromatic heterocycles. The number of methoxy groups -OCH3 is 1. The van der Waals surface area contributed by atoms with Crippen LogP contribution in [-0.2, 0) is 16.6 Å². The summed E-state index contributed by atoms with van der Waals surface area (Å²) in [6.07, 6.45) is 0. The van der Waals surface area contributed by atoms with Crippen LogP contribution in [0.5, 0.6) is 5.75 Å². The van der Waals surface area contributed by atoms with Crippen molar-refractivity contribution in [1.82, 2.24) is 0 Å². The average Bonchev–Trinajstić information content (AvgIpc) is 2.67. The van der Waals surface area contributed by atoms with E-state index >= 15 is 0 Å². The second kappa shape index (κ2) is 7.98. The number of hydrogen-bond donors (Lipinski definition) is 0. The maximum atomic E-state index is 14.2. The van der Waals surface area contributed by atoms with Gasteiger partial charge >= 0.3 is 0 Å². The molecule has 0 saturated heterocycles. The van der Waals surface area contributed by atoms with E-state index in [4.69, 9.17) is 16.3 Å². The number of halogens is 2. The molecule has 3 rings (SSSR count). The molecule has 4 nitrogen and oxygen atoms in total. The molecule has 3 aromatic carbocycles. The van der Waals surface area contributed by atoms with E-state index in [0.717, 1.165) is 10.4 Å². The number of benzene rings is 3. The largest absolute Gasteiger partial charge is 0.497 e. The molecule has 0 aliphatic carbocycles. The Bertz CT molecular complexity index is 1040. The van der Waals surface area contributed by atoms with Gasteiger partial charge in [0.25, 0.3) is 10.0 Å². The Morgan fingerprint density at radius 3 is 2.37 bits per heavy atom. The van der Waals surface area contributed by atoms with E-state index in [1.54, 1.807) is 48.5 Å². The van der Waals surface area contributed by atoms with Crippen LogP contribution in [0.15, 0.2) is 77.7 Å². The fraction of sp³-hybridized carbons (Fsp3) is 0.100. The predicted molar refractivity (Wildman–Crippen MR) is 104 cm³/mol. The van der Waals surface area contributed by atoms with Crippen molar-refractivity contribution in [2.45, 2.75) is 11.4 Å². The zero-order chi connectivity index (χ0) is 19.4. The Kier molecular flexibility index (Phi) is 5.68. The number of rotatable bonds is 6. The molecule has 0 bridgehead atoms. The molecule has 0 amide bonds. The Balaban J connectivity index is 2.09. The average molecular weight is 406 g/mol. The molecule has 27 heavy (non-hydrogen) atoms. The van der Waals surface area contributed by atoms with Crippen LogP contribution in [0.4, 0.5) is 10.1 Å². The molecule has 0 N–H and O–H groups in total. The lowest BCUT2D eigenvalue weighted by molar-refractivity contribution is 0.414. The number of ether oxygens (including phenoxy) is 1. The van der Waals surface area contributed by atoms with Crippen molar-refractivity contribution in [2.24, 2.45) is 0 Å². The number of sulfonamides is 1. The molecule has 0 atom stereocenters. The minimum atomic E-state index is -4.14. The highest BCUT2D eigenvalue weighted by atomic mass is 35.5. The highest BCUT2D eigenvalue weighted by molar-refractivity contribution is 7.92. The zero-order valence-electron chi connectivity index (χ0n) is 14.5. The van der Waals surface area contributed by atoms with Gasteiger partial charge in [-0.1, -0.05) is 35.9 Å². The summed E-state index contributed by atoms with van der Waals surface area (Å²) in [6, 6.07) is 18.7. The van der Waals surface area contributed by atoms with Crippen molar-refractivity contribution >= 4 is 27.3 Å². The molecule has 0 radical (unpaired) electrons. The van der Waals surface area contributed by atoms with E-state index < -0.39 is 15.8 Å². The van der Waals surface area contributed by atoms with Gasteiger partial charge in [-0.3, -0.25) is 4.31 Å². The molecule has 0 fully saturated rings. The van der Waals surface area contributed by atoms with Crippen LogP contribution >= 0.6 is 11.6 Å². The van der Waals surface area contributed by atoms with E-state index in [2.05, 4.69) is 0 Å². The molecule has 7 heteroatoms. The van der Waals surface area contributed by atoms with E-state index in [-0.39, 0.29) is 11.4 Å². The lowest BCUT2D eigenvalue weighted by atomic mass is 10.2. The Morgan fingerprint density at radius 1 is 1.00 bits per heavy atom. The quantitative estimate of drug-likeness (QED) is 0.587. The number of nitrogens with zero attached hydrogens (tertiary/aromatic N) is 1. The maximum absolute atomic E-state index is 14.2. The van der Waals surface area contributed by atoms with Gasteiger partial charge in [0.15, 0.2) is 0 Å². The van der Waals surface area contributed by atoms with Gasteiger partial charge in [-0.25, -0.2) is 12.8 Å². The first-order chi connectivity index (χ1) is 12.9. The summed E-state index contributed by atoms with van der Waals surface area (Å²) >= 11 is 5.93. The molecule has 0 heterocycles. The molecule has 0 saturated carbocycles. The number of hydrogen-bond acceptors (Lipinski definition) is 3. The van der Waals surface area contributed by atoms with Crippen LogP contribution in [0.1, 0.15) is 5.56 Å². The fourth-order valence-electron chi connectivity index (χ4n) is 2.63. The standard InChI is InChI=1S/C20H17ClFNO3S/c1-26-18-6-4-5-15(13-18)14-23(17-11-9-16(21)10-12-17)27(24,25)20-8-3-2-7-19(20)22/h2-13H,14H2,1H3. The van der Waals surface area contributed by atoms with Crippen molar-refractivity contribution in [3.05, 3.63) is 89.2 Å². The summed E-state index contributed by atoms with van der Waals surface area (Å²) in [5, 5.41) is 0.475. The summed E-state index contributed by atoms with van der Waals surface area (Å²) in [5.74, 6) is -0.200. The van der Waals surface area contributed by atoms with Crippen LogP contribution in [0.3, 0.4) is 0 Å². The molecule has 140 valence electrons. The maximum Gasteiger partial charge on any atom is 0.267 e. The Morgan fingerprint density at radius 2 is 1.70 bits per heavy atom. The fourth-order valence-corrected chi connectivity index (χ4v) is 4.28. The highest BCUT2D eigenvalue weighted by Gasteiger charge is 2.28. The first-order valence-electron chi connectivity index (χ1n) is 8.07. The van der Waals surface area contributed by atoms with Crippen LogP contribution in [0.25, 0.3) is 0 Å². The van der Waals surface area contributed by atoms with Crippen molar-refractivity contribution in [3.8, 4) is 5.75 Å². The summed E-state index contributed by atoms with van der Waals surface area (Å²) in [7, 11) is -2.61. The normalized spacial score (nSPS) is 11.2. The molecule has 0 unspecified atom stereocenters. The summed E-state index contributed by atoms with van der Waals surface area (Å²) in [5.41, 5.74) is 1.08. The van der Waals surface area contributed by atoms with Gasteiger partial charge in [0.2, 0.25) is 0 Å². The summed E-state index contributed by atoms with van der Waals surface area (Å²) in [6.45, 7) is 0.00942. The van der Waals surface area contributed by atoms with Crippen LogP contribution in [0, 0.1) is 5.82 Å².